The standard InChI is InChI=1S/C24H25N5/c1-18-23(20-8-2-3-9-21(20)27-18)24(19-7-6-11-25-17-19)29-15-13-28(14-16-29)22-10-4-5-12-26-22/h2-12,17,24,27H,13-16H2,1H3/p+2/t24-/m0/s1. The van der Waals surface area contributed by atoms with Crippen molar-refractivity contribution in [1.82, 2.24) is 9.97 Å². The first kappa shape index (κ1) is 17.9. The number of pyridine rings is 2. The van der Waals surface area contributed by atoms with E-state index in [4.69, 9.17) is 0 Å². The summed E-state index contributed by atoms with van der Waals surface area (Å²) in [7, 11) is 0. The van der Waals surface area contributed by atoms with Gasteiger partial charge in [-0.3, -0.25) is 9.88 Å². The molecule has 1 fully saturated rings. The highest BCUT2D eigenvalue weighted by Gasteiger charge is 2.35. The number of rotatable bonds is 4. The highest BCUT2D eigenvalue weighted by molar-refractivity contribution is 5.85. The van der Waals surface area contributed by atoms with E-state index in [0.717, 1.165) is 26.2 Å². The molecule has 0 unspecified atom stereocenters. The van der Waals surface area contributed by atoms with Crippen molar-refractivity contribution in [3.8, 4) is 0 Å². The number of hydrogen-bond donors (Lipinski definition) is 2. The summed E-state index contributed by atoms with van der Waals surface area (Å²) >= 11 is 0. The molecule has 1 aliphatic rings. The van der Waals surface area contributed by atoms with Crippen molar-refractivity contribution in [1.29, 1.82) is 0 Å². The van der Waals surface area contributed by atoms with Gasteiger partial charge in [0.25, 0.3) is 5.82 Å². The van der Waals surface area contributed by atoms with Gasteiger partial charge in [-0.15, -0.1) is 0 Å². The molecule has 0 amide bonds. The average molecular weight is 386 g/mol. The van der Waals surface area contributed by atoms with E-state index in [2.05, 4.69) is 75.3 Å². The molecule has 1 aromatic carbocycles. The van der Waals surface area contributed by atoms with Crippen LogP contribution in [0.1, 0.15) is 22.9 Å². The Bertz CT molecular complexity index is 1080. The topological polar surface area (TPSA) is 50.5 Å². The molecule has 1 atom stereocenters. The lowest BCUT2D eigenvalue weighted by Crippen LogP contribution is -3.15. The maximum absolute atomic E-state index is 4.44. The lowest BCUT2D eigenvalue weighted by molar-refractivity contribution is -0.926. The van der Waals surface area contributed by atoms with Crippen LogP contribution < -0.4 is 14.8 Å². The number of nitrogens with one attached hydrogen (secondary N) is 3. The molecule has 29 heavy (non-hydrogen) atoms. The molecular formula is C24H27N5+2. The van der Waals surface area contributed by atoms with Crippen LogP contribution in [0, 0.1) is 6.92 Å². The smallest absolute Gasteiger partial charge is 0.274 e. The number of H-pyrrole nitrogens is 2. The summed E-state index contributed by atoms with van der Waals surface area (Å²) in [6.45, 7) is 6.44. The molecule has 0 spiro atoms. The van der Waals surface area contributed by atoms with Crippen molar-refractivity contribution < 1.29 is 9.88 Å². The lowest BCUT2D eigenvalue weighted by Gasteiger charge is -2.34. The van der Waals surface area contributed by atoms with Crippen LogP contribution in [0.3, 0.4) is 0 Å². The molecule has 0 saturated carbocycles. The normalized spacial score (nSPS) is 16.2. The Morgan fingerprint density at radius 2 is 1.86 bits per heavy atom. The number of hydrogen-bond acceptors (Lipinski definition) is 2. The zero-order valence-corrected chi connectivity index (χ0v) is 16.7. The van der Waals surface area contributed by atoms with Crippen LogP contribution in [0.25, 0.3) is 10.9 Å². The Hall–Kier alpha value is -3.18. The summed E-state index contributed by atoms with van der Waals surface area (Å²) in [5, 5.41) is 1.32. The van der Waals surface area contributed by atoms with Gasteiger partial charge in [-0.1, -0.05) is 24.3 Å². The van der Waals surface area contributed by atoms with Crippen molar-refractivity contribution in [3.05, 3.63) is 90.0 Å². The van der Waals surface area contributed by atoms with Gasteiger partial charge in [-0.05, 0) is 31.2 Å². The van der Waals surface area contributed by atoms with Gasteiger partial charge in [0.15, 0.2) is 0 Å². The largest absolute Gasteiger partial charge is 0.358 e. The maximum atomic E-state index is 4.44. The van der Waals surface area contributed by atoms with Gasteiger partial charge in [-0.2, -0.15) is 0 Å². The van der Waals surface area contributed by atoms with Crippen molar-refractivity contribution in [3.63, 3.8) is 0 Å². The highest BCUT2D eigenvalue weighted by atomic mass is 15.3. The third kappa shape index (κ3) is 3.38. The first-order chi connectivity index (χ1) is 14.3. The van der Waals surface area contributed by atoms with Crippen molar-refractivity contribution in [2.75, 3.05) is 31.1 Å². The molecule has 4 heterocycles. The van der Waals surface area contributed by atoms with Gasteiger partial charge >= 0.3 is 0 Å². The molecule has 0 radical (unpaired) electrons. The molecule has 3 aromatic heterocycles. The predicted molar refractivity (Wildman–Crippen MR) is 115 cm³/mol. The summed E-state index contributed by atoms with van der Waals surface area (Å²) in [6, 6.07) is 19.5. The van der Waals surface area contributed by atoms with E-state index in [1.54, 1.807) is 4.90 Å². The van der Waals surface area contributed by atoms with E-state index < -0.39 is 0 Å². The van der Waals surface area contributed by atoms with Crippen molar-refractivity contribution in [2.24, 2.45) is 0 Å². The molecule has 5 nitrogen and oxygen atoms in total. The van der Waals surface area contributed by atoms with Gasteiger partial charge in [0.1, 0.15) is 32.2 Å². The number of aromatic amines is 2. The zero-order chi connectivity index (χ0) is 19.6. The van der Waals surface area contributed by atoms with Crippen molar-refractivity contribution in [2.45, 2.75) is 13.0 Å². The average Bonchev–Trinajstić information content (AvgIpc) is 3.12. The first-order valence-corrected chi connectivity index (χ1v) is 10.3. The molecule has 1 saturated heterocycles. The van der Waals surface area contributed by atoms with Crippen LogP contribution in [0.2, 0.25) is 0 Å². The Balaban J connectivity index is 1.50. The van der Waals surface area contributed by atoms with Crippen LogP contribution in [0.5, 0.6) is 0 Å². The summed E-state index contributed by atoms with van der Waals surface area (Å²) in [6.07, 6.45) is 5.90. The van der Waals surface area contributed by atoms with E-state index in [1.807, 2.05) is 24.7 Å². The Morgan fingerprint density at radius 1 is 1.03 bits per heavy atom. The van der Waals surface area contributed by atoms with Crippen LogP contribution in [-0.2, 0) is 0 Å². The van der Waals surface area contributed by atoms with E-state index >= 15 is 0 Å². The number of para-hydroxylation sites is 1. The summed E-state index contributed by atoms with van der Waals surface area (Å²) < 4.78 is 0. The van der Waals surface area contributed by atoms with Crippen LogP contribution >= 0.6 is 0 Å². The number of nitrogens with zero attached hydrogens (tertiary/aromatic N) is 2. The fourth-order valence-electron chi connectivity index (χ4n) is 4.73. The Kier molecular flexibility index (Phi) is 4.74. The molecule has 3 N–H and O–H groups in total. The fraction of sp³-hybridized carbons (Fsp3) is 0.250. The first-order valence-electron chi connectivity index (χ1n) is 10.3. The maximum Gasteiger partial charge on any atom is 0.274 e. The molecular weight excluding hydrogens is 358 g/mol. The number of fused-ring (bicyclic) bond motifs is 1. The SMILES string of the molecule is Cc1[nH]c2ccccc2c1[C@H](c1cccnc1)[NH+]1CCN(c2cccc[nH+]2)CC1. The minimum atomic E-state index is 0.279. The zero-order valence-electron chi connectivity index (χ0n) is 16.7. The number of quaternary nitrogens is 1. The van der Waals surface area contributed by atoms with Crippen LogP contribution in [0.15, 0.2) is 73.2 Å². The number of aryl methyl sites for hydroxylation is 1. The number of piperazine rings is 1. The van der Waals surface area contributed by atoms with Gasteiger partial charge in [0.05, 0.1) is 6.20 Å². The summed E-state index contributed by atoms with van der Waals surface area (Å²) in [5.41, 5.74) is 5.16. The van der Waals surface area contributed by atoms with Gasteiger partial charge in [-0.25, -0.2) is 4.98 Å². The molecule has 146 valence electrons. The minimum Gasteiger partial charge on any atom is -0.358 e. The van der Waals surface area contributed by atoms with E-state index in [1.165, 1.54) is 33.5 Å². The molecule has 0 aliphatic carbocycles. The number of benzene rings is 1. The third-order valence-corrected chi connectivity index (χ3v) is 6.10. The lowest BCUT2D eigenvalue weighted by atomic mass is 9.95. The second-order valence-electron chi connectivity index (χ2n) is 7.82. The second-order valence-corrected chi connectivity index (χ2v) is 7.82. The highest BCUT2D eigenvalue weighted by Crippen LogP contribution is 2.30. The summed E-state index contributed by atoms with van der Waals surface area (Å²) in [4.78, 5) is 15.5. The Labute approximate surface area is 171 Å². The molecule has 5 heteroatoms. The number of anilines is 1. The molecule has 0 bridgehead atoms. The number of aromatic nitrogens is 3. The Morgan fingerprint density at radius 3 is 2.62 bits per heavy atom. The molecule has 5 rings (SSSR count). The van der Waals surface area contributed by atoms with Gasteiger partial charge in [0, 0.05) is 46.2 Å². The van der Waals surface area contributed by atoms with E-state index in [-0.39, 0.29) is 6.04 Å². The summed E-state index contributed by atoms with van der Waals surface area (Å²) in [5.74, 6) is 1.20. The van der Waals surface area contributed by atoms with Crippen molar-refractivity contribution >= 4 is 16.7 Å². The molecule has 1 aliphatic heterocycles. The molecule has 4 aromatic rings. The monoisotopic (exact) mass is 385 g/mol. The van der Waals surface area contributed by atoms with Gasteiger partial charge in [0.2, 0.25) is 0 Å². The van der Waals surface area contributed by atoms with E-state index in [9.17, 15) is 0 Å². The van der Waals surface area contributed by atoms with Gasteiger partial charge < -0.3 is 9.88 Å². The predicted octanol–water partition coefficient (Wildman–Crippen LogP) is 2.18. The quantitative estimate of drug-likeness (QED) is 0.566. The second kappa shape index (κ2) is 7.68. The fourth-order valence-corrected chi connectivity index (χ4v) is 4.73. The third-order valence-electron chi connectivity index (χ3n) is 6.10. The van der Waals surface area contributed by atoms with Crippen LogP contribution in [-0.4, -0.2) is 36.1 Å². The minimum absolute atomic E-state index is 0.279. The van der Waals surface area contributed by atoms with E-state index in [0.29, 0.717) is 0 Å². The van der Waals surface area contributed by atoms with Crippen LogP contribution in [0.4, 0.5) is 5.82 Å².